The van der Waals surface area contributed by atoms with Crippen molar-refractivity contribution in [3.63, 3.8) is 0 Å². The third kappa shape index (κ3) is 8.19. The summed E-state index contributed by atoms with van der Waals surface area (Å²) in [6, 6.07) is 10.9. The first-order valence-corrected chi connectivity index (χ1v) is 14.8. The molecule has 0 saturated carbocycles. The predicted molar refractivity (Wildman–Crippen MR) is 162 cm³/mol. The molecule has 0 fully saturated rings. The molecule has 0 radical (unpaired) electrons. The number of aromatic nitrogens is 6. The molecule has 1 atom stereocenters. The maximum absolute atomic E-state index is 13.0. The van der Waals surface area contributed by atoms with Crippen molar-refractivity contribution in [2.24, 2.45) is 0 Å². The number of rotatable bonds is 5. The Bertz CT molecular complexity index is 1550. The number of methoxy groups -OCH3 is 1. The Balaban J connectivity index is 1.31. The van der Waals surface area contributed by atoms with Crippen molar-refractivity contribution >= 4 is 11.8 Å². The van der Waals surface area contributed by atoms with Crippen molar-refractivity contribution in [2.45, 2.75) is 58.9 Å². The van der Waals surface area contributed by atoms with Crippen LogP contribution in [-0.2, 0) is 31.0 Å². The van der Waals surface area contributed by atoms with Crippen LogP contribution in [0, 0.1) is 6.92 Å². The third-order valence-electron chi connectivity index (χ3n) is 7.38. The summed E-state index contributed by atoms with van der Waals surface area (Å²) in [6.07, 6.45) is 6.54. The molecular weight excluding hydrogens is 562 g/mol. The van der Waals surface area contributed by atoms with Crippen LogP contribution in [-0.4, -0.2) is 79.3 Å². The largest absolute Gasteiger partial charge is 0.496 e. The highest BCUT2D eigenvalue weighted by Gasteiger charge is 2.20. The molecule has 2 aromatic carbocycles. The van der Waals surface area contributed by atoms with Gasteiger partial charge in [0.1, 0.15) is 30.2 Å². The lowest BCUT2D eigenvalue weighted by molar-refractivity contribution is -0.122. The number of carbonyl (C=O) groups is 2. The van der Waals surface area contributed by atoms with Crippen molar-refractivity contribution in [2.75, 3.05) is 26.8 Å². The standard InChI is InChI=1S/C31H39N9O4/c1-22-6-8-27-29(14-22)44-13-5-12-39-19-26(36-37-39)18-38(11-4-10-33-30(41)23(2)35-31(27)42)16-24-7-9-28(43-3)25(15-24)17-40-21-32-20-34-40/h6-9,14-15,19-21,23H,4-5,10-13,16-18H2,1-3H3,(H,33,41)(H,35,42)/t23-/m1/s1. The zero-order chi connectivity index (χ0) is 30.9. The zero-order valence-corrected chi connectivity index (χ0v) is 25.4. The fraction of sp³-hybridized carbons (Fsp3) is 0.419. The van der Waals surface area contributed by atoms with Gasteiger partial charge in [0.2, 0.25) is 5.91 Å². The van der Waals surface area contributed by atoms with Crippen molar-refractivity contribution in [3.8, 4) is 11.5 Å². The Hall–Kier alpha value is -4.78. The normalized spacial score (nSPS) is 17.3. The summed E-state index contributed by atoms with van der Waals surface area (Å²) >= 11 is 0. The van der Waals surface area contributed by atoms with Gasteiger partial charge in [-0.05, 0) is 55.7 Å². The average molecular weight is 602 g/mol. The summed E-state index contributed by atoms with van der Waals surface area (Å²) < 4.78 is 15.2. The number of aryl methyl sites for hydroxylation is 2. The number of hydrogen-bond donors (Lipinski definition) is 2. The monoisotopic (exact) mass is 601 g/mol. The number of nitrogens with zero attached hydrogens (tertiary/aromatic N) is 7. The molecule has 1 aliphatic heterocycles. The number of nitrogens with one attached hydrogen (secondary N) is 2. The third-order valence-corrected chi connectivity index (χ3v) is 7.38. The molecule has 4 aromatic rings. The lowest BCUT2D eigenvalue weighted by Crippen LogP contribution is -2.45. The Morgan fingerprint density at radius 2 is 1.98 bits per heavy atom. The minimum absolute atomic E-state index is 0.242. The van der Waals surface area contributed by atoms with Crippen LogP contribution in [0.5, 0.6) is 11.5 Å². The van der Waals surface area contributed by atoms with Crippen molar-refractivity contribution < 1.29 is 19.1 Å². The van der Waals surface area contributed by atoms with Crippen LogP contribution in [0.3, 0.4) is 0 Å². The molecule has 2 amide bonds. The first-order chi connectivity index (χ1) is 21.4. The van der Waals surface area contributed by atoms with Crippen LogP contribution in [0.2, 0.25) is 0 Å². The van der Waals surface area contributed by atoms with Gasteiger partial charge in [-0.1, -0.05) is 17.3 Å². The fourth-order valence-corrected chi connectivity index (χ4v) is 5.12. The van der Waals surface area contributed by atoms with Gasteiger partial charge in [-0.15, -0.1) is 5.10 Å². The Morgan fingerprint density at radius 1 is 1.09 bits per heavy atom. The van der Waals surface area contributed by atoms with Crippen molar-refractivity contribution in [1.29, 1.82) is 0 Å². The van der Waals surface area contributed by atoms with Gasteiger partial charge in [0, 0.05) is 50.9 Å². The second-order valence-electron chi connectivity index (χ2n) is 11.0. The van der Waals surface area contributed by atoms with E-state index in [1.165, 1.54) is 6.33 Å². The van der Waals surface area contributed by atoms with E-state index in [2.05, 4.69) is 48.1 Å². The molecule has 1 aliphatic rings. The fourth-order valence-electron chi connectivity index (χ4n) is 5.12. The minimum Gasteiger partial charge on any atom is -0.496 e. The summed E-state index contributed by atoms with van der Waals surface area (Å²) in [5.74, 6) is 0.684. The number of fused-ring (bicyclic) bond motifs is 3. The van der Waals surface area contributed by atoms with Crippen LogP contribution < -0.4 is 20.1 Å². The van der Waals surface area contributed by atoms with E-state index in [0.29, 0.717) is 70.0 Å². The quantitative estimate of drug-likeness (QED) is 0.353. The van der Waals surface area contributed by atoms with Gasteiger partial charge in [0.25, 0.3) is 5.91 Å². The molecule has 2 N–H and O–H groups in total. The van der Waals surface area contributed by atoms with Gasteiger partial charge in [0.05, 0.1) is 31.5 Å². The van der Waals surface area contributed by atoms with Gasteiger partial charge < -0.3 is 20.1 Å². The molecule has 44 heavy (non-hydrogen) atoms. The summed E-state index contributed by atoms with van der Waals surface area (Å²) in [6.45, 7) is 7.61. The molecular formula is C31H39N9O4. The molecule has 2 aromatic heterocycles. The molecule has 13 heteroatoms. The lowest BCUT2D eigenvalue weighted by Gasteiger charge is -2.22. The van der Waals surface area contributed by atoms with Gasteiger partial charge in [0.15, 0.2) is 0 Å². The van der Waals surface area contributed by atoms with Crippen LogP contribution in [0.1, 0.15) is 52.5 Å². The maximum atomic E-state index is 13.0. The highest BCUT2D eigenvalue weighted by molar-refractivity contribution is 5.99. The van der Waals surface area contributed by atoms with E-state index in [-0.39, 0.29) is 11.8 Å². The topological polar surface area (TPSA) is 141 Å². The van der Waals surface area contributed by atoms with E-state index in [1.54, 1.807) is 31.1 Å². The van der Waals surface area contributed by atoms with Crippen LogP contribution in [0.4, 0.5) is 0 Å². The summed E-state index contributed by atoms with van der Waals surface area (Å²) in [5.41, 5.74) is 4.34. The Labute approximate surface area is 256 Å². The molecule has 0 spiro atoms. The summed E-state index contributed by atoms with van der Waals surface area (Å²) in [4.78, 5) is 32.2. The van der Waals surface area contributed by atoms with Crippen molar-refractivity contribution in [3.05, 3.63) is 83.2 Å². The molecule has 232 valence electrons. The average Bonchev–Trinajstić information content (AvgIpc) is 3.69. The number of carbonyl (C=O) groups excluding carboxylic acids is 2. The van der Waals surface area contributed by atoms with E-state index in [0.717, 1.165) is 28.1 Å². The van der Waals surface area contributed by atoms with Gasteiger partial charge in [-0.25, -0.2) is 9.67 Å². The number of amides is 2. The molecule has 0 unspecified atom stereocenters. The van der Waals surface area contributed by atoms with Gasteiger partial charge >= 0.3 is 0 Å². The smallest absolute Gasteiger partial charge is 0.255 e. The zero-order valence-electron chi connectivity index (χ0n) is 25.4. The second-order valence-corrected chi connectivity index (χ2v) is 11.0. The molecule has 3 heterocycles. The summed E-state index contributed by atoms with van der Waals surface area (Å²) in [7, 11) is 1.66. The molecule has 2 bridgehead atoms. The van der Waals surface area contributed by atoms with Crippen LogP contribution >= 0.6 is 0 Å². The van der Waals surface area contributed by atoms with Crippen LogP contribution in [0.25, 0.3) is 0 Å². The van der Waals surface area contributed by atoms with E-state index >= 15 is 0 Å². The minimum atomic E-state index is -0.702. The molecule has 5 rings (SSSR count). The highest BCUT2D eigenvalue weighted by atomic mass is 16.5. The Morgan fingerprint density at radius 3 is 2.80 bits per heavy atom. The highest BCUT2D eigenvalue weighted by Crippen LogP contribution is 2.23. The maximum Gasteiger partial charge on any atom is 0.255 e. The van der Waals surface area contributed by atoms with E-state index in [1.807, 2.05) is 36.0 Å². The van der Waals surface area contributed by atoms with Crippen LogP contribution in [0.15, 0.2) is 55.2 Å². The molecule has 0 saturated heterocycles. The predicted octanol–water partition coefficient (Wildman–Crippen LogP) is 2.34. The first kappa shape index (κ1) is 30.7. The van der Waals surface area contributed by atoms with E-state index in [4.69, 9.17) is 9.47 Å². The lowest BCUT2D eigenvalue weighted by atomic mass is 10.1. The van der Waals surface area contributed by atoms with Gasteiger partial charge in [-0.2, -0.15) is 5.10 Å². The van der Waals surface area contributed by atoms with Gasteiger partial charge in [-0.3, -0.25) is 19.2 Å². The second kappa shape index (κ2) is 14.6. The Kier molecular flexibility index (Phi) is 10.2. The molecule has 0 aliphatic carbocycles. The summed E-state index contributed by atoms with van der Waals surface area (Å²) in [5, 5.41) is 18.7. The first-order valence-electron chi connectivity index (χ1n) is 14.8. The number of hydrogen-bond acceptors (Lipinski definition) is 9. The van der Waals surface area contributed by atoms with E-state index in [9.17, 15) is 9.59 Å². The molecule has 13 nitrogen and oxygen atoms in total. The number of benzene rings is 2. The van der Waals surface area contributed by atoms with E-state index < -0.39 is 6.04 Å². The number of ether oxygens (including phenoxy) is 2. The SMILES string of the molecule is COc1ccc(CN2CCCNC(=O)[C@@H](C)NC(=O)c3ccc(C)cc3OCCCn3cc(nn3)C2)cc1Cn1cncn1. The van der Waals surface area contributed by atoms with Crippen molar-refractivity contribution in [1.82, 2.24) is 45.3 Å².